The van der Waals surface area contributed by atoms with Crippen molar-refractivity contribution in [3.8, 4) is 5.75 Å². The summed E-state index contributed by atoms with van der Waals surface area (Å²) in [6.07, 6.45) is 2.21. The predicted molar refractivity (Wildman–Crippen MR) is 80.4 cm³/mol. The minimum absolute atomic E-state index is 0.601. The Morgan fingerprint density at radius 2 is 2.05 bits per heavy atom. The summed E-state index contributed by atoms with van der Waals surface area (Å²) in [6, 6.07) is 8.61. The van der Waals surface area contributed by atoms with Crippen LogP contribution in [-0.4, -0.2) is 24.8 Å². The fraction of sp³-hybridized carbons (Fsp3) is 0.471. The Morgan fingerprint density at radius 3 is 2.80 bits per heavy atom. The Labute approximate surface area is 119 Å². The Kier molecular flexibility index (Phi) is 3.88. The molecule has 20 heavy (non-hydrogen) atoms. The smallest absolute Gasteiger partial charge is 0.130 e. The Balaban J connectivity index is 2.04. The number of fused-ring (bicyclic) bond motifs is 1. The first-order chi connectivity index (χ1) is 9.78. The SMILES string of the molecule is CCOc1cc(C)nc2ccc(C3CCOCC3)cc12. The van der Waals surface area contributed by atoms with Gasteiger partial charge in [0.1, 0.15) is 5.75 Å². The summed E-state index contributed by atoms with van der Waals surface area (Å²) in [5.74, 6) is 1.55. The van der Waals surface area contributed by atoms with E-state index >= 15 is 0 Å². The van der Waals surface area contributed by atoms with E-state index in [9.17, 15) is 0 Å². The zero-order chi connectivity index (χ0) is 13.9. The van der Waals surface area contributed by atoms with Crippen LogP contribution >= 0.6 is 0 Å². The third-order valence-electron chi connectivity index (χ3n) is 3.92. The number of hydrogen-bond donors (Lipinski definition) is 0. The van der Waals surface area contributed by atoms with E-state index in [2.05, 4.69) is 23.2 Å². The minimum atomic E-state index is 0.601. The maximum atomic E-state index is 5.78. The van der Waals surface area contributed by atoms with Crippen LogP contribution in [0.3, 0.4) is 0 Å². The lowest BCUT2D eigenvalue weighted by Gasteiger charge is -2.23. The van der Waals surface area contributed by atoms with Crippen molar-refractivity contribution in [3.63, 3.8) is 0 Å². The molecule has 3 nitrogen and oxygen atoms in total. The number of aryl methyl sites for hydroxylation is 1. The first-order valence-electron chi connectivity index (χ1n) is 7.40. The van der Waals surface area contributed by atoms with Crippen LogP contribution in [0.4, 0.5) is 0 Å². The third kappa shape index (κ3) is 2.63. The topological polar surface area (TPSA) is 31.4 Å². The van der Waals surface area contributed by atoms with Crippen LogP contribution in [0.5, 0.6) is 5.75 Å². The van der Waals surface area contributed by atoms with Gasteiger partial charge >= 0.3 is 0 Å². The molecular weight excluding hydrogens is 250 g/mol. The molecule has 1 aromatic heterocycles. The maximum absolute atomic E-state index is 5.78. The molecule has 2 heterocycles. The molecular formula is C17H21NO2. The van der Waals surface area contributed by atoms with Gasteiger partial charge in [0.2, 0.25) is 0 Å². The Bertz CT molecular complexity index is 603. The van der Waals surface area contributed by atoms with E-state index in [0.717, 1.165) is 48.4 Å². The molecule has 0 unspecified atom stereocenters. The largest absolute Gasteiger partial charge is 0.493 e. The molecule has 2 aromatic rings. The first-order valence-corrected chi connectivity index (χ1v) is 7.40. The van der Waals surface area contributed by atoms with Crippen LogP contribution in [0.1, 0.15) is 36.9 Å². The monoisotopic (exact) mass is 271 g/mol. The molecule has 0 atom stereocenters. The third-order valence-corrected chi connectivity index (χ3v) is 3.92. The standard InChI is InChI=1S/C17H21NO2/c1-3-20-17-10-12(2)18-16-5-4-14(11-15(16)17)13-6-8-19-9-7-13/h4-5,10-11,13H,3,6-9H2,1-2H3. The molecule has 0 spiro atoms. The van der Waals surface area contributed by atoms with Crippen LogP contribution in [0.15, 0.2) is 24.3 Å². The van der Waals surface area contributed by atoms with Gasteiger partial charge in [0.05, 0.1) is 12.1 Å². The minimum Gasteiger partial charge on any atom is -0.493 e. The number of benzene rings is 1. The first kappa shape index (κ1) is 13.4. The molecule has 0 N–H and O–H groups in total. The summed E-state index contributed by atoms with van der Waals surface area (Å²) in [5.41, 5.74) is 3.40. The highest BCUT2D eigenvalue weighted by atomic mass is 16.5. The summed E-state index contributed by atoms with van der Waals surface area (Å²) in [7, 11) is 0. The van der Waals surface area contributed by atoms with Gasteiger partial charge in [0.15, 0.2) is 0 Å². The number of aromatic nitrogens is 1. The van der Waals surface area contributed by atoms with Gasteiger partial charge in [-0.1, -0.05) is 6.07 Å². The normalized spacial score (nSPS) is 16.5. The number of ether oxygens (including phenoxy) is 2. The molecule has 3 heteroatoms. The predicted octanol–water partition coefficient (Wildman–Crippen LogP) is 3.84. The van der Waals surface area contributed by atoms with Gasteiger partial charge in [-0.3, -0.25) is 4.98 Å². The van der Waals surface area contributed by atoms with E-state index in [4.69, 9.17) is 9.47 Å². The fourth-order valence-corrected chi connectivity index (χ4v) is 2.90. The zero-order valence-corrected chi connectivity index (χ0v) is 12.2. The fourth-order valence-electron chi connectivity index (χ4n) is 2.90. The quantitative estimate of drug-likeness (QED) is 0.850. The number of rotatable bonds is 3. The summed E-state index contributed by atoms with van der Waals surface area (Å²) >= 11 is 0. The second-order valence-corrected chi connectivity index (χ2v) is 5.36. The van der Waals surface area contributed by atoms with E-state index in [1.807, 2.05) is 19.9 Å². The zero-order valence-electron chi connectivity index (χ0n) is 12.2. The van der Waals surface area contributed by atoms with Crippen molar-refractivity contribution in [3.05, 3.63) is 35.5 Å². The lowest BCUT2D eigenvalue weighted by molar-refractivity contribution is 0.0853. The molecule has 0 saturated carbocycles. The maximum Gasteiger partial charge on any atom is 0.130 e. The number of nitrogens with zero attached hydrogens (tertiary/aromatic N) is 1. The molecule has 0 aliphatic carbocycles. The molecule has 106 valence electrons. The van der Waals surface area contributed by atoms with Crippen molar-refractivity contribution in [2.45, 2.75) is 32.6 Å². The average molecular weight is 271 g/mol. The van der Waals surface area contributed by atoms with Crippen molar-refractivity contribution in [2.24, 2.45) is 0 Å². The van der Waals surface area contributed by atoms with Crippen molar-refractivity contribution in [1.29, 1.82) is 0 Å². The summed E-state index contributed by atoms with van der Waals surface area (Å²) < 4.78 is 11.2. The summed E-state index contributed by atoms with van der Waals surface area (Å²) in [4.78, 5) is 4.60. The van der Waals surface area contributed by atoms with Crippen molar-refractivity contribution < 1.29 is 9.47 Å². The van der Waals surface area contributed by atoms with E-state index in [0.29, 0.717) is 12.5 Å². The van der Waals surface area contributed by atoms with Crippen LogP contribution in [0, 0.1) is 6.92 Å². The highest BCUT2D eigenvalue weighted by Gasteiger charge is 2.17. The molecule has 3 rings (SSSR count). The van der Waals surface area contributed by atoms with Crippen LogP contribution in [-0.2, 0) is 4.74 Å². The van der Waals surface area contributed by atoms with E-state index in [1.165, 1.54) is 5.56 Å². The molecule has 1 fully saturated rings. The van der Waals surface area contributed by atoms with Gasteiger partial charge in [-0.05, 0) is 50.3 Å². The average Bonchev–Trinajstić information content (AvgIpc) is 2.48. The van der Waals surface area contributed by atoms with Gasteiger partial charge in [-0.2, -0.15) is 0 Å². The van der Waals surface area contributed by atoms with Gasteiger partial charge in [-0.15, -0.1) is 0 Å². The summed E-state index contributed by atoms with van der Waals surface area (Å²) in [5, 5.41) is 1.13. The van der Waals surface area contributed by atoms with E-state index in [-0.39, 0.29) is 0 Å². The highest BCUT2D eigenvalue weighted by molar-refractivity contribution is 5.86. The molecule has 1 aromatic carbocycles. The second kappa shape index (κ2) is 5.80. The molecule has 0 bridgehead atoms. The van der Waals surface area contributed by atoms with Crippen molar-refractivity contribution >= 4 is 10.9 Å². The number of pyridine rings is 1. The van der Waals surface area contributed by atoms with Crippen LogP contribution < -0.4 is 4.74 Å². The van der Waals surface area contributed by atoms with Crippen molar-refractivity contribution in [2.75, 3.05) is 19.8 Å². The van der Waals surface area contributed by atoms with Crippen LogP contribution in [0.2, 0.25) is 0 Å². The molecule has 1 aliphatic rings. The van der Waals surface area contributed by atoms with Gasteiger partial charge < -0.3 is 9.47 Å². The molecule has 0 radical (unpaired) electrons. The van der Waals surface area contributed by atoms with Gasteiger partial charge in [0.25, 0.3) is 0 Å². The molecule has 0 amide bonds. The Morgan fingerprint density at radius 1 is 1.25 bits per heavy atom. The van der Waals surface area contributed by atoms with Crippen molar-refractivity contribution in [1.82, 2.24) is 4.98 Å². The molecule has 1 aliphatic heterocycles. The lowest BCUT2D eigenvalue weighted by atomic mass is 9.91. The van der Waals surface area contributed by atoms with Gasteiger partial charge in [-0.25, -0.2) is 0 Å². The number of hydrogen-bond acceptors (Lipinski definition) is 3. The van der Waals surface area contributed by atoms with E-state index < -0.39 is 0 Å². The van der Waals surface area contributed by atoms with Gasteiger partial charge in [0, 0.05) is 30.4 Å². The van der Waals surface area contributed by atoms with Crippen LogP contribution in [0.25, 0.3) is 10.9 Å². The highest BCUT2D eigenvalue weighted by Crippen LogP contribution is 2.32. The molecule has 1 saturated heterocycles. The second-order valence-electron chi connectivity index (χ2n) is 5.36. The Hall–Kier alpha value is -1.61. The lowest BCUT2D eigenvalue weighted by Crippen LogP contribution is -2.14. The summed E-state index contributed by atoms with van der Waals surface area (Å²) in [6.45, 7) is 6.44. The van der Waals surface area contributed by atoms with E-state index in [1.54, 1.807) is 0 Å².